The van der Waals surface area contributed by atoms with Crippen LogP contribution in [0.15, 0.2) is 0 Å². The predicted octanol–water partition coefficient (Wildman–Crippen LogP) is 1.25. The van der Waals surface area contributed by atoms with Gasteiger partial charge in [0, 0.05) is 12.7 Å². The lowest BCUT2D eigenvalue weighted by Crippen LogP contribution is -2.08. The van der Waals surface area contributed by atoms with Gasteiger partial charge < -0.3 is 13.9 Å². The van der Waals surface area contributed by atoms with Crippen molar-refractivity contribution in [3.63, 3.8) is 0 Å². The molecule has 1 aliphatic heterocycles. The van der Waals surface area contributed by atoms with Gasteiger partial charge in [0.2, 0.25) is 9.76 Å². The quantitative estimate of drug-likeness (QED) is 0.337. The molecule has 13 heavy (non-hydrogen) atoms. The van der Waals surface area contributed by atoms with Crippen molar-refractivity contribution in [3.8, 4) is 0 Å². The van der Waals surface area contributed by atoms with Crippen molar-refractivity contribution in [2.75, 3.05) is 19.8 Å². The summed E-state index contributed by atoms with van der Waals surface area (Å²) >= 11 is 0. The largest absolute Gasteiger partial charge is 0.415 e. The molecule has 3 nitrogen and oxygen atoms in total. The first kappa shape index (κ1) is 11.2. The van der Waals surface area contributed by atoms with E-state index < -0.39 is 0 Å². The van der Waals surface area contributed by atoms with E-state index in [4.69, 9.17) is 13.9 Å². The van der Waals surface area contributed by atoms with Gasteiger partial charge in [0.05, 0.1) is 13.2 Å². The highest BCUT2D eigenvalue weighted by atomic mass is 28.2. The van der Waals surface area contributed by atoms with E-state index in [2.05, 4.69) is 13.8 Å². The molecule has 0 bridgehead atoms. The second-order valence-corrected chi connectivity index (χ2v) is 4.47. The second-order valence-electron chi connectivity index (χ2n) is 3.44. The first-order chi connectivity index (χ1) is 6.29. The monoisotopic (exact) mass is 202 g/mol. The molecule has 1 rings (SSSR count). The third-order valence-corrected chi connectivity index (χ3v) is 2.79. The number of epoxide rings is 1. The zero-order chi connectivity index (χ0) is 9.52. The summed E-state index contributed by atoms with van der Waals surface area (Å²) in [6.45, 7) is 6.63. The molecule has 76 valence electrons. The van der Waals surface area contributed by atoms with Gasteiger partial charge in [-0.2, -0.15) is 0 Å². The molecule has 0 amide bonds. The van der Waals surface area contributed by atoms with E-state index in [0.29, 0.717) is 22.0 Å². The Kier molecular flexibility index (Phi) is 5.62. The summed E-state index contributed by atoms with van der Waals surface area (Å²) in [4.78, 5) is 0. The average Bonchev–Trinajstić information content (AvgIpc) is 2.86. The summed E-state index contributed by atoms with van der Waals surface area (Å²) < 4.78 is 15.8. The summed E-state index contributed by atoms with van der Waals surface area (Å²) in [7, 11) is 0.623. The van der Waals surface area contributed by atoms with Crippen molar-refractivity contribution in [2.45, 2.75) is 38.5 Å². The van der Waals surface area contributed by atoms with E-state index >= 15 is 0 Å². The van der Waals surface area contributed by atoms with Crippen LogP contribution in [-0.4, -0.2) is 41.8 Å². The molecule has 0 saturated carbocycles. The highest BCUT2D eigenvalue weighted by Gasteiger charge is 2.21. The normalized spacial score (nSPS) is 21.0. The van der Waals surface area contributed by atoms with Gasteiger partial charge in [-0.3, -0.25) is 0 Å². The number of hydrogen-bond acceptors (Lipinski definition) is 3. The molecule has 0 aliphatic carbocycles. The van der Waals surface area contributed by atoms with Gasteiger partial charge in [0.15, 0.2) is 0 Å². The maximum Gasteiger partial charge on any atom is 0.230 e. The first-order valence-corrected chi connectivity index (χ1v) is 5.98. The maximum absolute atomic E-state index is 5.43. The van der Waals surface area contributed by atoms with Crippen LogP contribution in [0.1, 0.15) is 20.3 Å². The van der Waals surface area contributed by atoms with Crippen LogP contribution in [0.2, 0.25) is 6.04 Å². The van der Waals surface area contributed by atoms with Crippen molar-refractivity contribution < 1.29 is 13.9 Å². The number of hydrogen-bond donors (Lipinski definition) is 0. The number of ether oxygens (including phenoxy) is 2. The summed E-state index contributed by atoms with van der Waals surface area (Å²) in [6.07, 6.45) is 1.85. The lowest BCUT2D eigenvalue weighted by atomic mass is 10.5. The van der Waals surface area contributed by atoms with Gasteiger partial charge in [-0.15, -0.1) is 0 Å². The topological polar surface area (TPSA) is 31.0 Å². The zero-order valence-corrected chi connectivity index (χ0v) is 9.41. The molecule has 0 N–H and O–H groups in total. The molecule has 0 spiro atoms. The third kappa shape index (κ3) is 7.19. The van der Waals surface area contributed by atoms with Gasteiger partial charge in [-0.1, -0.05) is 0 Å². The van der Waals surface area contributed by atoms with E-state index in [1.54, 1.807) is 0 Å². The van der Waals surface area contributed by atoms with Gasteiger partial charge in [0.1, 0.15) is 6.10 Å². The molecule has 0 aromatic heterocycles. The zero-order valence-electron chi connectivity index (χ0n) is 8.41. The Bertz CT molecular complexity index is 120. The van der Waals surface area contributed by atoms with Crippen LogP contribution >= 0.6 is 0 Å². The van der Waals surface area contributed by atoms with Gasteiger partial charge in [-0.25, -0.2) is 0 Å². The predicted molar refractivity (Wildman–Crippen MR) is 52.0 cm³/mol. The van der Waals surface area contributed by atoms with E-state index in [-0.39, 0.29) is 0 Å². The Balaban J connectivity index is 1.68. The molecule has 1 atom stereocenters. The summed E-state index contributed by atoms with van der Waals surface area (Å²) in [5.41, 5.74) is 0. The van der Waals surface area contributed by atoms with Crippen LogP contribution in [0.25, 0.3) is 0 Å². The molecule has 4 heteroatoms. The molecule has 1 heterocycles. The molecule has 1 unspecified atom stereocenters. The summed E-state index contributed by atoms with van der Waals surface area (Å²) in [5, 5.41) is 0. The fourth-order valence-corrected chi connectivity index (χ4v) is 1.59. The Morgan fingerprint density at radius 3 is 2.92 bits per heavy atom. The smallest absolute Gasteiger partial charge is 0.230 e. The highest BCUT2D eigenvalue weighted by Crippen LogP contribution is 2.08. The van der Waals surface area contributed by atoms with Crippen LogP contribution < -0.4 is 0 Å². The Hall–Kier alpha value is 0.0969. The van der Waals surface area contributed by atoms with E-state index in [0.717, 1.165) is 32.3 Å². The lowest BCUT2D eigenvalue weighted by Gasteiger charge is -2.05. The van der Waals surface area contributed by atoms with Gasteiger partial charge >= 0.3 is 0 Å². The van der Waals surface area contributed by atoms with Gasteiger partial charge in [-0.05, 0) is 26.3 Å². The SMILES string of the molecule is CC(C)O[Si]CCCOCC1CO1. The minimum atomic E-state index is 0.360. The fraction of sp³-hybridized carbons (Fsp3) is 1.00. The van der Waals surface area contributed by atoms with Crippen LogP contribution in [0.4, 0.5) is 0 Å². The van der Waals surface area contributed by atoms with Crippen molar-refractivity contribution in [1.29, 1.82) is 0 Å². The minimum absolute atomic E-state index is 0.360. The Morgan fingerprint density at radius 1 is 1.54 bits per heavy atom. The van der Waals surface area contributed by atoms with Crippen molar-refractivity contribution in [2.24, 2.45) is 0 Å². The molecule has 2 radical (unpaired) electrons. The second kappa shape index (κ2) is 6.54. The van der Waals surface area contributed by atoms with Crippen molar-refractivity contribution in [3.05, 3.63) is 0 Å². The average molecular weight is 202 g/mol. The molecule has 1 fully saturated rings. The highest BCUT2D eigenvalue weighted by molar-refractivity contribution is 6.27. The maximum atomic E-state index is 5.43. The lowest BCUT2D eigenvalue weighted by molar-refractivity contribution is 0.116. The van der Waals surface area contributed by atoms with Crippen LogP contribution in [0, 0.1) is 0 Å². The fourth-order valence-electron chi connectivity index (χ4n) is 0.851. The molecular weight excluding hydrogens is 184 g/mol. The Morgan fingerprint density at radius 2 is 2.31 bits per heavy atom. The van der Waals surface area contributed by atoms with E-state index in [9.17, 15) is 0 Å². The summed E-state index contributed by atoms with van der Waals surface area (Å²) in [5.74, 6) is 0. The molecule has 1 aliphatic rings. The number of rotatable bonds is 8. The van der Waals surface area contributed by atoms with Gasteiger partial charge in [0.25, 0.3) is 0 Å². The minimum Gasteiger partial charge on any atom is -0.415 e. The van der Waals surface area contributed by atoms with Crippen LogP contribution in [-0.2, 0) is 13.9 Å². The summed E-state index contributed by atoms with van der Waals surface area (Å²) in [6, 6.07) is 1.11. The van der Waals surface area contributed by atoms with E-state index in [1.807, 2.05) is 0 Å². The third-order valence-electron chi connectivity index (χ3n) is 1.59. The standard InChI is InChI=1S/C9H18O3Si/c1-8(2)12-13-5-3-4-10-6-9-7-11-9/h8-9H,3-7H2,1-2H3. The molecular formula is C9H18O3Si. The van der Waals surface area contributed by atoms with E-state index in [1.165, 1.54) is 0 Å². The molecule has 0 aromatic carbocycles. The van der Waals surface area contributed by atoms with Crippen LogP contribution in [0.5, 0.6) is 0 Å². The van der Waals surface area contributed by atoms with Crippen molar-refractivity contribution in [1.82, 2.24) is 0 Å². The molecule has 0 aromatic rings. The first-order valence-electron chi connectivity index (χ1n) is 4.87. The van der Waals surface area contributed by atoms with Crippen LogP contribution in [0.3, 0.4) is 0 Å². The molecule has 1 saturated heterocycles. The van der Waals surface area contributed by atoms with Crippen molar-refractivity contribution >= 4 is 9.76 Å². The Labute approximate surface area is 82.7 Å².